The first-order chi connectivity index (χ1) is 8.67. The minimum atomic E-state index is -0.299. The highest BCUT2D eigenvalue weighted by Crippen LogP contribution is 2.18. The van der Waals surface area contributed by atoms with Gasteiger partial charge in [-0.1, -0.05) is 6.07 Å². The lowest BCUT2D eigenvalue weighted by Crippen LogP contribution is -2.23. The molecule has 0 heterocycles. The maximum absolute atomic E-state index is 13.6. The van der Waals surface area contributed by atoms with Crippen LogP contribution in [0.15, 0.2) is 18.2 Å². The van der Waals surface area contributed by atoms with E-state index >= 15 is 0 Å². The number of likely N-dealkylation sites (N-methyl/N-ethyl adjacent to an activating group) is 1. The van der Waals surface area contributed by atoms with Crippen molar-refractivity contribution in [2.24, 2.45) is 0 Å². The van der Waals surface area contributed by atoms with Crippen LogP contribution in [-0.4, -0.2) is 43.4 Å². The summed E-state index contributed by atoms with van der Waals surface area (Å²) in [5.74, 6) is 0.0160. The summed E-state index contributed by atoms with van der Waals surface area (Å²) >= 11 is 0. The standard InChI is InChI=1S/C14H22FNO2/c1-3-18-14-6-5-12(11-13(14)15)7-9-16(2)8-4-10-17/h5-6,11,17H,3-4,7-10H2,1-2H3. The van der Waals surface area contributed by atoms with Crippen LogP contribution in [0.25, 0.3) is 0 Å². The van der Waals surface area contributed by atoms with E-state index in [0.717, 1.165) is 31.5 Å². The van der Waals surface area contributed by atoms with Gasteiger partial charge >= 0.3 is 0 Å². The number of benzene rings is 1. The van der Waals surface area contributed by atoms with Gasteiger partial charge in [0.25, 0.3) is 0 Å². The van der Waals surface area contributed by atoms with Gasteiger partial charge in [0.15, 0.2) is 11.6 Å². The number of aliphatic hydroxyl groups excluding tert-OH is 1. The van der Waals surface area contributed by atoms with Crippen LogP contribution in [0.1, 0.15) is 18.9 Å². The minimum Gasteiger partial charge on any atom is -0.491 e. The van der Waals surface area contributed by atoms with Crippen molar-refractivity contribution >= 4 is 0 Å². The topological polar surface area (TPSA) is 32.7 Å². The fourth-order valence-corrected chi connectivity index (χ4v) is 1.74. The summed E-state index contributed by atoms with van der Waals surface area (Å²) < 4.78 is 18.7. The second-order valence-corrected chi connectivity index (χ2v) is 4.33. The fourth-order valence-electron chi connectivity index (χ4n) is 1.74. The van der Waals surface area contributed by atoms with Crippen LogP contribution in [0.2, 0.25) is 0 Å². The molecule has 1 rings (SSSR count). The molecule has 1 aromatic rings. The number of hydrogen-bond donors (Lipinski definition) is 1. The fraction of sp³-hybridized carbons (Fsp3) is 0.571. The van der Waals surface area contributed by atoms with Crippen molar-refractivity contribution in [1.29, 1.82) is 0 Å². The first-order valence-electron chi connectivity index (χ1n) is 6.38. The molecule has 0 aromatic heterocycles. The Balaban J connectivity index is 2.45. The second-order valence-electron chi connectivity index (χ2n) is 4.33. The van der Waals surface area contributed by atoms with Crippen LogP contribution in [0.3, 0.4) is 0 Å². The molecule has 3 nitrogen and oxygen atoms in total. The van der Waals surface area contributed by atoms with Gasteiger partial charge in [0.2, 0.25) is 0 Å². The molecule has 0 radical (unpaired) electrons. The second kappa shape index (κ2) is 8.06. The van der Waals surface area contributed by atoms with Crippen LogP contribution >= 0.6 is 0 Å². The Kier molecular flexibility index (Phi) is 6.68. The quantitative estimate of drug-likeness (QED) is 0.772. The summed E-state index contributed by atoms with van der Waals surface area (Å²) in [4.78, 5) is 2.13. The van der Waals surface area contributed by atoms with Gasteiger partial charge in [0.1, 0.15) is 0 Å². The van der Waals surface area contributed by atoms with Gasteiger partial charge in [0.05, 0.1) is 6.61 Å². The Morgan fingerprint density at radius 3 is 2.72 bits per heavy atom. The smallest absolute Gasteiger partial charge is 0.165 e. The Morgan fingerprint density at radius 1 is 1.33 bits per heavy atom. The zero-order valence-electron chi connectivity index (χ0n) is 11.2. The molecule has 1 N–H and O–H groups in total. The summed E-state index contributed by atoms with van der Waals surface area (Å²) in [6.07, 6.45) is 1.57. The summed E-state index contributed by atoms with van der Waals surface area (Å²) in [7, 11) is 2.00. The van der Waals surface area contributed by atoms with Crippen LogP contribution < -0.4 is 4.74 Å². The van der Waals surface area contributed by atoms with Crippen molar-refractivity contribution in [2.75, 3.05) is 33.4 Å². The maximum Gasteiger partial charge on any atom is 0.165 e. The molecule has 0 atom stereocenters. The monoisotopic (exact) mass is 255 g/mol. The molecule has 0 fully saturated rings. The molecule has 102 valence electrons. The predicted molar refractivity (Wildman–Crippen MR) is 70.5 cm³/mol. The molecule has 0 amide bonds. The van der Waals surface area contributed by atoms with E-state index in [1.807, 2.05) is 20.0 Å². The lowest BCUT2D eigenvalue weighted by atomic mass is 10.1. The van der Waals surface area contributed by atoms with E-state index in [9.17, 15) is 4.39 Å². The van der Waals surface area contributed by atoms with Gasteiger partial charge < -0.3 is 14.7 Å². The van der Waals surface area contributed by atoms with Crippen molar-refractivity contribution in [2.45, 2.75) is 19.8 Å². The molecule has 0 saturated carbocycles. The van der Waals surface area contributed by atoms with E-state index in [1.165, 1.54) is 6.07 Å². The normalized spacial score (nSPS) is 10.9. The van der Waals surface area contributed by atoms with Crippen LogP contribution in [0.4, 0.5) is 4.39 Å². The highest BCUT2D eigenvalue weighted by Gasteiger charge is 2.05. The van der Waals surface area contributed by atoms with E-state index in [2.05, 4.69) is 4.90 Å². The van der Waals surface area contributed by atoms with E-state index < -0.39 is 0 Å². The average molecular weight is 255 g/mol. The first kappa shape index (κ1) is 14.9. The molecule has 4 heteroatoms. The third-order valence-electron chi connectivity index (χ3n) is 2.78. The minimum absolute atomic E-state index is 0.210. The molecule has 0 aliphatic rings. The van der Waals surface area contributed by atoms with E-state index in [1.54, 1.807) is 6.07 Å². The van der Waals surface area contributed by atoms with Crippen molar-refractivity contribution in [3.63, 3.8) is 0 Å². The molecular weight excluding hydrogens is 233 g/mol. The molecule has 0 unspecified atom stereocenters. The van der Waals surface area contributed by atoms with Gasteiger partial charge in [-0.3, -0.25) is 0 Å². The molecule has 18 heavy (non-hydrogen) atoms. The van der Waals surface area contributed by atoms with Gasteiger partial charge in [-0.15, -0.1) is 0 Å². The van der Waals surface area contributed by atoms with Gasteiger partial charge in [-0.2, -0.15) is 0 Å². The third-order valence-corrected chi connectivity index (χ3v) is 2.78. The zero-order valence-corrected chi connectivity index (χ0v) is 11.2. The Labute approximate surface area is 108 Å². The SMILES string of the molecule is CCOc1ccc(CCN(C)CCCO)cc1F. The van der Waals surface area contributed by atoms with E-state index in [0.29, 0.717) is 12.4 Å². The number of aliphatic hydroxyl groups is 1. The highest BCUT2D eigenvalue weighted by molar-refractivity contribution is 5.29. The van der Waals surface area contributed by atoms with Crippen molar-refractivity contribution < 1.29 is 14.2 Å². The Hall–Kier alpha value is -1.13. The van der Waals surface area contributed by atoms with Crippen LogP contribution in [0.5, 0.6) is 5.75 Å². The van der Waals surface area contributed by atoms with Crippen molar-refractivity contribution in [1.82, 2.24) is 4.90 Å². The number of rotatable bonds is 8. The molecule has 0 spiro atoms. The Morgan fingerprint density at radius 2 is 2.11 bits per heavy atom. The van der Waals surface area contributed by atoms with Crippen LogP contribution in [0, 0.1) is 5.82 Å². The maximum atomic E-state index is 13.6. The molecule has 1 aromatic carbocycles. The molecule has 0 saturated heterocycles. The average Bonchev–Trinajstić information content (AvgIpc) is 2.37. The highest BCUT2D eigenvalue weighted by atomic mass is 19.1. The van der Waals surface area contributed by atoms with Gasteiger partial charge in [-0.05, 0) is 44.5 Å². The first-order valence-corrected chi connectivity index (χ1v) is 6.38. The summed E-state index contributed by atoms with van der Waals surface area (Å²) in [6.45, 7) is 4.23. The van der Waals surface area contributed by atoms with E-state index in [-0.39, 0.29) is 12.4 Å². The molecular formula is C14H22FNO2. The number of ether oxygens (including phenoxy) is 1. The zero-order chi connectivity index (χ0) is 13.4. The Bertz CT molecular complexity index is 358. The van der Waals surface area contributed by atoms with Crippen LogP contribution in [-0.2, 0) is 6.42 Å². The number of hydrogen-bond acceptors (Lipinski definition) is 3. The van der Waals surface area contributed by atoms with Crippen molar-refractivity contribution in [3.05, 3.63) is 29.6 Å². The summed E-state index contributed by atoms with van der Waals surface area (Å²) in [5.41, 5.74) is 0.965. The van der Waals surface area contributed by atoms with E-state index in [4.69, 9.17) is 9.84 Å². The predicted octanol–water partition coefficient (Wildman–Crippen LogP) is 2.08. The summed E-state index contributed by atoms with van der Waals surface area (Å²) in [5, 5.41) is 8.73. The third kappa shape index (κ3) is 5.02. The molecule has 0 aliphatic heterocycles. The largest absolute Gasteiger partial charge is 0.491 e. The number of nitrogens with zero attached hydrogens (tertiary/aromatic N) is 1. The molecule has 0 bridgehead atoms. The lowest BCUT2D eigenvalue weighted by molar-refractivity contribution is 0.248. The number of halogens is 1. The summed E-state index contributed by atoms with van der Waals surface area (Å²) in [6, 6.07) is 5.11. The molecule has 0 aliphatic carbocycles. The van der Waals surface area contributed by atoms with Gasteiger partial charge in [0, 0.05) is 19.7 Å². The van der Waals surface area contributed by atoms with Crippen molar-refractivity contribution in [3.8, 4) is 5.75 Å². The lowest BCUT2D eigenvalue weighted by Gasteiger charge is -2.16. The van der Waals surface area contributed by atoms with Gasteiger partial charge in [-0.25, -0.2) is 4.39 Å².